The van der Waals surface area contributed by atoms with Crippen molar-refractivity contribution in [3.63, 3.8) is 0 Å². The quantitative estimate of drug-likeness (QED) is 0.541. The van der Waals surface area contributed by atoms with E-state index in [4.69, 9.17) is 9.47 Å². The Labute approximate surface area is 191 Å². The van der Waals surface area contributed by atoms with E-state index in [1.807, 2.05) is 24.3 Å². The van der Waals surface area contributed by atoms with Crippen LogP contribution in [0.5, 0.6) is 11.5 Å². The minimum atomic E-state index is -1.08. The van der Waals surface area contributed by atoms with Crippen LogP contribution in [0.1, 0.15) is 46.1 Å². The molecule has 33 heavy (non-hydrogen) atoms. The number of ether oxygens (including phenoxy) is 2. The van der Waals surface area contributed by atoms with E-state index in [9.17, 15) is 14.3 Å². The minimum absolute atomic E-state index is 0.00222. The highest BCUT2D eigenvalue weighted by Gasteiger charge is 2.31. The molecule has 1 N–H and O–H groups in total. The molecule has 1 fully saturated rings. The highest BCUT2D eigenvalue weighted by Crippen LogP contribution is 2.40. The van der Waals surface area contributed by atoms with Crippen LogP contribution >= 0.6 is 0 Å². The Morgan fingerprint density at radius 2 is 2.03 bits per heavy atom. The number of anilines is 1. The molecule has 2 heterocycles. The van der Waals surface area contributed by atoms with Crippen molar-refractivity contribution in [2.75, 3.05) is 25.7 Å². The summed E-state index contributed by atoms with van der Waals surface area (Å²) in [7, 11) is 3.24. The van der Waals surface area contributed by atoms with Crippen LogP contribution in [0.3, 0.4) is 0 Å². The van der Waals surface area contributed by atoms with E-state index in [0.29, 0.717) is 30.2 Å². The van der Waals surface area contributed by atoms with Gasteiger partial charge in [0.05, 0.1) is 31.5 Å². The fourth-order valence-corrected chi connectivity index (χ4v) is 4.29. The molecule has 0 saturated carbocycles. The number of hydrogen-bond donors (Lipinski definition) is 1. The van der Waals surface area contributed by atoms with Crippen molar-refractivity contribution in [3.05, 3.63) is 76.9 Å². The molecule has 1 saturated heterocycles. The fourth-order valence-electron chi connectivity index (χ4n) is 4.29. The number of carboxylic acids is 1. The van der Waals surface area contributed by atoms with Gasteiger partial charge in [0, 0.05) is 24.4 Å². The third kappa shape index (κ3) is 4.89. The predicted molar refractivity (Wildman–Crippen MR) is 122 cm³/mol. The van der Waals surface area contributed by atoms with Crippen molar-refractivity contribution in [1.82, 2.24) is 9.97 Å². The van der Waals surface area contributed by atoms with E-state index in [0.717, 1.165) is 36.3 Å². The first kappa shape index (κ1) is 22.5. The van der Waals surface area contributed by atoms with Crippen molar-refractivity contribution < 1.29 is 23.8 Å². The first-order chi connectivity index (χ1) is 16.0. The standard InChI is InChI=1S/C25H26FN3O4/c1-32-18-9-10-19(23(14-18)33-2)22-7-4-12-29(22)25-27-15-20(24(30)31)21(28-25)11-8-16-5-3-6-17(26)13-16/h3,5-6,9-10,13-15,22H,4,7-8,11-12H2,1-2H3,(H,30,31)/t22-/m1/s1. The summed E-state index contributed by atoms with van der Waals surface area (Å²) in [4.78, 5) is 22.9. The summed E-state index contributed by atoms with van der Waals surface area (Å²) in [6.07, 6.45) is 4.05. The van der Waals surface area contributed by atoms with Gasteiger partial charge >= 0.3 is 5.97 Å². The summed E-state index contributed by atoms with van der Waals surface area (Å²) in [5.74, 6) is 0.518. The second kappa shape index (κ2) is 9.85. The van der Waals surface area contributed by atoms with Gasteiger partial charge in [0.15, 0.2) is 0 Å². The molecule has 172 valence electrons. The van der Waals surface area contributed by atoms with Gasteiger partial charge in [-0.25, -0.2) is 19.2 Å². The molecule has 4 rings (SSSR count). The first-order valence-corrected chi connectivity index (χ1v) is 10.8. The monoisotopic (exact) mass is 451 g/mol. The SMILES string of the molecule is COc1ccc([C@H]2CCCN2c2ncc(C(=O)O)c(CCc3cccc(F)c3)n2)c(OC)c1. The topological polar surface area (TPSA) is 84.8 Å². The lowest BCUT2D eigenvalue weighted by molar-refractivity contribution is 0.0694. The van der Waals surface area contributed by atoms with Gasteiger partial charge in [-0.1, -0.05) is 12.1 Å². The van der Waals surface area contributed by atoms with E-state index >= 15 is 0 Å². The van der Waals surface area contributed by atoms with E-state index in [2.05, 4.69) is 14.9 Å². The Morgan fingerprint density at radius 3 is 2.76 bits per heavy atom. The van der Waals surface area contributed by atoms with Crippen molar-refractivity contribution in [2.45, 2.75) is 31.7 Å². The molecule has 0 amide bonds. The Morgan fingerprint density at radius 1 is 1.18 bits per heavy atom. The van der Waals surface area contributed by atoms with Crippen molar-refractivity contribution in [2.24, 2.45) is 0 Å². The zero-order valence-corrected chi connectivity index (χ0v) is 18.6. The second-order valence-electron chi connectivity index (χ2n) is 7.92. The summed E-state index contributed by atoms with van der Waals surface area (Å²) in [5.41, 5.74) is 2.29. The van der Waals surface area contributed by atoms with Gasteiger partial charge in [0.1, 0.15) is 17.3 Å². The van der Waals surface area contributed by atoms with Gasteiger partial charge in [-0.3, -0.25) is 0 Å². The van der Waals surface area contributed by atoms with Gasteiger partial charge < -0.3 is 19.5 Å². The summed E-state index contributed by atoms with van der Waals surface area (Å²) in [6, 6.07) is 12.0. The van der Waals surface area contributed by atoms with Crippen LogP contribution in [0, 0.1) is 5.82 Å². The van der Waals surface area contributed by atoms with Crippen LogP contribution < -0.4 is 14.4 Å². The van der Waals surface area contributed by atoms with Crippen LogP contribution in [-0.2, 0) is 12.8 Å². The van der Waals surface area contributed by atoms with Crippen molar-refractivity contribution >= 4 is 11.9 Å². The zero-order chi connectivity index (χ0) is 23.4. The largest absolute Gasteiger partial charge is 0.497 e. The van der Waals surface area contributed by atoms with E-state index < -0.39 is 5.97 Å². The number of aromatic nitrogens is 2. The highest BCUT2D eigenvalue weighted by atomic mass is 19.1. The molecule has 0 unspecified atom stereocenters. The molecule has 0 bridgehead atoms. The van der Waals surface area contributed by atoms with Crippen LogP contribution in [0.25, 0.3) is 0 Å². The fraction of sp³-hybridized carbons (Fsp3) is 0.320. The molecule has 1 aliphatic rings. The second-order valence-corrected chi connectivity index (χ2v) is 7.92. The summed E-state index contributed by atoms with van der Waals surface area (Å²) >= 11 is 0. The predicted octanol–water partition coefficient (Wildman–Crippen LogP) is 4.46. The summed E-state index contributed by atoms with van der Waals surface area (Å²) < 4.78 is 24.4. The van der Waals surface area contributed by atoms with Crippen LogP contribution in [0.4, 0.5) is 10.3 Å². The Kier molecular flexibility index (Phi) is 6.72. The van der Waals surface area contributed by atoms with E-state index in [1.54, 1.807) is 20.3 Å². The molecule has 0 aliphatic carbocycles. The third-order valence-electron chi connectivity index (χ3n) is 5.93. The lowest BCUT2D eigenvalue weighted by Gasteiger charge is -2.27. The molecule has 1 aromatic heterocycles. The number of halogens is 1. The van der Waals surface area contributed by atoms with E-state index in [-0.39, 0.29) is 17.4 Å². The molecule has 1 atom stereocenters. The van der Waals surface area contributed by atoms with E-state index in [1.165, 1.54) is 18.3 Å². The molecule has 2 aromatic carbocycles. The van der Waals surface area contributed by atoms with Crippen molar-refractivity contribution in [3.8, 4) is 11.5 Å². The maximum absolute atomic E-state index is 13.5. The Hall–Kier alpha value is -3.68. The molecule has 7 nitrogen and oxygen atoms in total. The number of methoxy groups -OCH3 is 2. The molecular formula is C25H26FN3O4. The smallest absolute Gasteiger partial charge is 0.339 e. The normalized spacial score (nSPS) is 15.5. The number of hydrogen-bond acceptors (Lipinski definition) is 6. The number of aryl methyl sites for hydroxylation is 2. The summed E-state index contributed by atoms with van der Waals surface area (Å²) in [6.45, 7) is 0.746. The first-order valence-electron chi connectivity index (χ1n) is 10.8. The van der Waals surface area contributed by atoms with Gasteiger partial charge in [0.2, 0.25) is 5.95 Å². The van der Waals surface area contributed by atoms with Crippen LogP contribution in [-0.4, -0.2) is 41.8 Å². The molecular weight excluding hydrogens is 425 g/mol. The summed E-state index contributed by atoms with van der Waals surface area (Å²) in [5, 5.41) is 9.63. The zero-order valence-electron chi connectivity index (χ0n) is 18.6. The van der Waals surface area contributed by atoms with Gasteiger partial charge in [-0.2, -0.15) is 0 Å². The van der Waals surface area contributed by atoms with Gasteiger partial charge in [-0.05, 0) is 55.5 Å². The number of benzene rings is 2. The van der Waals surface area contributed by atoms with Crippen LogP contribution in [0.15, 0.2) is 48.7 Å². The molecule has 0 spiro atoms. The molecule has 1 aliphatic heterocycles. The third-order valence-corrected chi connectivity index (χ3v) is 5.93. The lowest BCUT2D eigenvalue weighted by Crippen LogP contribution is -2.26. The number of carbonyl (C=O) groups is 1. The number of nitrogens with zero attached hydrogens (tertiary/aromatic N) is 3. The maximum atomic E-state index is 13.5. The number of carboxylic acid groups (broad SMARTS) is 1. The molecule has 0 radical (unpaired) electrons. The number of aromatic carboxylic acids is 1. The molecule has 3 aromatic rings. The lowest BCUT2D eigenvalue weighted by atomic mass is 10.0. The van der Waals surface area contributed by atoms with Crippen molar-refractivity contribution in [1.29, 1.82) is 0 Å². The number of rotatable bonds is 8. The average molecular weight is 451 g/mol. The molecule has 8 heteroatoms. The maximum Gasteiger partial charge on any atom is 0.339 e. The Balaban J connectivity index is 1.64. The van der Waals surface area contributed by atoms with Gasteiger partial charge in [-0.15, -0.1) is 0 Å². The minimum Gasteiger partial charge on any atom is -0.497 e. The van der Waals surface area contributed by atoms with Crippen LogP contribution in [0.2, 0.25) is 0 Å². The average Bonchev–Trinajstić information content (AvgIpc) is 3.31. The van der Waals surface area contributed by atoms with Gasteiger partial charge in [0.25, 0.3) is 0 Å². The highest BCUT2D eigenvalue weighted by molar-refractivity contribution is 5.88. The Bertz CT molecular complexity index is 1150.